The Morgan fingerprint density at radius 1 is 1.38 bits per heavy atom. The number of aryl methyl sites for hydroxylation is 1. The minimum Gasteiger partial charge on any atom is -0.382 e. The zero-order valence-corrected chi connectivity index (χ0v) is 13.3. The molecule has 3 fully saturated rings. The number of anilines is 1. The summed E-state index contributed by atoms with van der Waals surface area (Å²) in [5, 5.41) is 3.50. The molecule has 1 atom stereocenters. The van der Waals surface area contributed by atoms with E-state index in [1.54, 1.807) is 0 Å². The molecule has 0 aromatic carbocycles. The molecule has 0 saturated carbocycles. The van der Waals surface area contributed by atoms with Crippen molar-refractivity contribution in [3.63, 3.8) is 0 Å². The van der Waals surface area contributed by atoms with E-state index in [9.17, 15) is 0 Å². The smallest absolute Gasteiger partial charge is 0.203 e. The Kier molecular flexibility index (Phi) is 4.80. The van der Waals surface area contributed by atoms with Crippen molar-refractivity contribution in [2.45, 2.75) is 39.2 Å². The van der Waals surface area contributed by atoms with Gasteiger partial charge in [0.1, 0.15) is 0 Å². The van der Waals surface area contributed by atoms with E-state index in [-0.39, 0.29) is 0 Å². The van der Waals surface area contributed by atoms with Crippen LogP contribution in [-0.4, -0.2) is 53.8 Å². The molecule has 118 valence electrons. The minimum absolute atomic E-state index is 0.600. The van der Waals surface area contributed by atoms with Gasteiger partial charge in [-0.15, -0.1) is 0 Å². The van der Waals surface area contributed by atoms with E-state index in [0.29, 0.717) is 6.04 Å². The van der Waals surface area contributed by atoms with Gasteiger partial charge in [0.2, 0.25) is 5.95 Å². The fourth-order valence-corrected chi connectivity index (χ4v) is 3.67. The molecule has 0 amide bonds. The Hall–Kier alpha value is -1.07. The highest BCUT2D eigenvalue weighted by atomic mass is 16.5. The summed E-state index contributed by atoms with van der Waals surface area (Å²) in [5.41, 5.74) is 1.11. The second kappa shape index (κ2) is 6.79. The average Bonchev–Trinajstić information content (AvgIpc) is 2.89. The molecule has 0 aliphatic carbocycles. The number of aromatic nitrogens is 2. The molecule has 4 heterocycles. The van der Waals surface area contributed by atoms with Crippen LogP contribution in [0.25, 0.3) is 0 Å². The zero-order valence-electron chi connectivity index (χ0n) is 13.3. The van der Waals surface area contributed by atoms with Crippen molar-refractivity contribution in [2.24, 2.45) is 5.92 Å². The summed E-state index contributed by atoms with van der Waals surface area (Å²) < 4.78 is 7.78. The third-order valence-corrected chi connectivity index (χ3v) is 4.78. The van der Waals surface area contributed by atoms with Gasteiger partial charge in [0.05, 0.1) is 11.7 Å². The Bertz CT molecular complexity index is 451. The van der Waals surface area contributed by atoms with Crippen LogP contribution in [0.5, 0.6) is 0 Å². The number of hydrogen-bond donors (Lipinski definition) is 1. The van der Waals surface area contributed by atoms with E-state index < -0.39 is 0 Å². The number of piperidine rings is 3. The normalized spacial score (nSPS) is 28.0. The monoisotopic (exact) mass is 292 g/mol. The van der Waals surface area contributed by atoms with Crippen molar-refractivity contribution in [1.82, 2.24) is 14.5 Å². The third-order valence-electron chi connectivity index (χ3n) is 4.78. The highest BCUT2D eigenvalue weighted by Gasteiger charge is 2.36. The van der Waals surface area contributed by atoms with Crippen molar-refractivity contribution in [2.75, 3.05) is 44.7 Å². The van der Waals surface area contributed by atoms with Gasteiger partial charge in [0.25, 0.3) is 0 Å². The fourth-order valence-electron chi connectivity index (χ4n) is 3.67. The van der Waals surface area contributed by atoms with Crippen molar-refractivity contribution < 1.29 is 4.74 Å². The maximum atomic E-state index is 5.39. The molecule has 3 aliphatic heterocycles. The van der Waals surface area contributed by atoms with Gasteiger partial charge in [-0.2, -0.15) is 0 Å². The van der Waals surface area contributed by atoms with Crippen LogP contribution in [0.3, 0.4) is 0 Å². The molecular formula is C16H28N4O. The Morgan fingerprint density at radius 2 is 2.19 bits per heavy atom. The molecule has 4 rings (SSSR count). The standard InChI is InChI=1S/C16H28N4O/c1-3-21-10-4-7-17-16-18-13(2)11-20(16)15-12-19-8-5-14(15)6-9-19/h11,14-15H,3-10,12H2,1-2H3,(H,17,18). The van der Waals surface area contributed by atoms with Crippen LogP contribution in [0.1, 0.15) is 37.9 Å². The van der Waals surface area contributed by atoms with Gasteiger partial charge in [0.15, 0.2) is 0 Å². The Labute approximate surface area is 127 Å². The maximum absolute atomic E-state index is 5.39. The van der Waals surface area contributed by atoms with Gasteiger partial charge in [-0.25, -0.2) is 4.98 Å². The minimum atomic E-state index is 0.600. The first-order chi connectivity index (χ1) is 10.3. The lowest BCUT2D eigenvalue weighted by molar-refractivity contribution is 0.0578. The Balaban J connectivity index is 1.62. The van der Waals surface area contributed by atoms with Crippen molar-refractivity contribution in [1.29, 1.82) is 0 Å². The summed E-state index contributed by atoms with van der Waals surface area (Å²) >= 11 is 0. The maximum Gasteiger partial charge on any atom is 0.203 e. The number of fused-ring (bicyclic) bond motifs is 3. The molecule has 1 aromatic heterocycles. The summed E-state index contributed by atoms with van der Waals surface area (Å²) in [5.74, 6) is 1.87. The molecule has 5 nitrogen and oxygen atoms in total. The zero-order chi connectivity index (χ0) is 14.7. The second-order valence-corrected chi connectivity index (χ2v) is 6.30. The number of imidazole rings is 1. The molecule has 1 aromatic rings. The van der Waals surface area contributed by atoms with Crippen molar-refractivity contribution in [3.8, 4) is 0 Å². The topological polar surface area (TPSA) is 42.3 Å². The summed E-state index contributed by atoms with van der Waals surface area (Å²) in [7, 11) is 0. The van der Waals surface area contributed by atoms with Crippen molar-refractivity contribution in [3.05, 3.63) is 11.9 Å². The molecule has 1 N–H and O–H groups in total. The van der Waals surface area contributed by atoms with Crippen LogP contribution in [0, 0.1) is 12.8 Å². The molecule has 2 bridgehead atoms. The van der Waals surface area contributed by atoms with Gasteiger partial charge < -0.3 is 19.5 Å². The molecule has 1 unspecified atom stereocenters. The molecular weight excluding hydrogens is 264 g/mol. The van der Waals surface area contributed by atoms with Crippen LogP contribution < -0.4 is 5.32 Å². The number of rotatable bonds is 7. The van der Waals surface area contributed by atoms with E-state index in [4.69, 9.17) is 4.74 Å². The highest BCUT2D eigenvalue weighted by molar-refractivity contribution is 5.30. The third kappa shape index (κ3) is 3.40. The van der Waals surface area contributed by atoms with Crippen LogP contribution in [0.2, 0.25) is 0 Å². The molecule has 5 heteroatoms. The molecule has 3 aliphatic rings. The predicted octanol–water partition coefficient (Wildman–Crippen LogP) is 2.30. The Morgan fingerprint density at radius 3 is 2.86 bits per heavy atom. The lowest BCUT2D eigenvalue weighted by Gasteiger charge is -2.45. The lowest BCUT2D eigenvalue weighted by atomic mass is 9.84. The van der Waals surface area contributed by atoms with Gasteiger partial charge in [0, 0.05) is 32.5 Å². The van der Waals surface area contributed by atoms with E-state index in [0.717, 1.165) is 43.7 Å². The van der Waals surface area contributed by atoms with Crippen LogP contribution in [0.15, 0.2) is 6.20 Å². The number of ether oxygens (including phenoxy) is 1. The van der Waals surface area contributed by atoms with E-state index >= 15 is 0 Å². The summed E-state index contributed by atoms with van der Waals surface area (Å²) in [4.78, 5) is 7.28. The molecule has 21 heavy (non-hydrogen) atoms. The van der Waals surface area contributed by atoms with Crippen LogP contribution >= 0.6 is 0 Å². The van der Waals surface area contributed by atoms with E-state index in [1.807, 2.05) is 6.92 Å². The van der Waals surface area contributed by atoms with Gasteiger partial charge in [-0.3, -0.25) is 0 Å². The summed E-state index contributed by atoms with van der Waals surface area (Å²) in [6, 6.07) is 0.600. The van der Waals surface area contributed by atoms with Gasteiger partial charge in [-0.05, 0) is 52.1 Å². The number of nitrogens with one attached hydrogen (secondary N) is 1. The lowest BCUT2D eigenvalue weighted by Crippen LogP contribution is -2.48. The predicted molar refractivity (Wildman–Crippen MR) is 84.8 cm³/mol. The van der Waals surface area contributed by atoms with Crippen LogP contribution in [0.4, 0.5) is 5.95 Å². The molecule has 3 saturated heterocycles. The average molecular weight is 292 g/mol. The molecule has 0 spiro atoms. The molecule has 0 radical (unpaired) electrons. The van der Waals surface area contributed by atoms with Gasteiger partial charge >= 0.3 is 0 Å². The summed E-state index contributed by atoms with van der Waals surface area (Å²) in [6.07, 6.45) is 5.93. The first-order valence-electron chi connectivity index (χ1n) is 8.37. The fraction of sp³-hybridized carbons (Fsp3) is 0.812. The quantitative estimate of drug-likeness (QED) is 0.783. The van der Waals surface area contributed by atoms with Gasteiger partial charge in [-0.1, -0.05) is 0 Å². The number of nitrogens with zero attached hydrogens (tertiary/aromatic N) is 3. The van der Waals surface area contributed by atoms with Crippen molar-refractivity contribution >= 4 is 5.95 Å². The van der Waals surface area contributed by atoms with E-state index in [2.05, 4.69) is 32.9 Å². The number of hydrogen-bond acceptors (Lipinski definition) is 4. The first-order valence-corrected chi connectivity index (χ1v) is 8.37. The SMILES string of the molecule is CCOCCCNc1nc(C)cn1C1CN2CCC1CC2. The largest absolute Gasteiger partial charge is 0.382 e. The first kappa shape index (κ1) is 14.9. The van der Waals surface area contributed by atoms with Crippen LogP contribution in [-0.2, 0) is 4.74 Å². The highest BCUT2D eigenvalue weighted by Crippen LogP contribution is 2.37. The van der Waals surface area contributed by atoms with E-state index in [1.165, 1.54) is 32.5 Å². The second-order valence-electron chi connectivity index (χ2n) is 6.30. The summed E-state index contributed by atoms with van der Waals surface area (Å²) in [6.45, 7) is 10.4.